The summed E-state index contributed by atoms with van der Waals surface area (Å²) in [5.74, 6) is 0.851. The number of nitrogens with zero attached hydrogens (tertiary/aromatic N) is 1. The number of carbonyl (C=O) groups is 1. The van der Waals surface area contributed by atoms with Crippen LogP contribution in [0.4, 0.5) is 5.69 Å². The molecule has 2 atom stereocenters. The van der Waals surface area contributed by atoms with Crippen molar-refractivity contribution < 1.29 is 9.53 Å². The zero-order valence-electron chi connectivity index (χ0n) is 15.3. The van der Waals surface area contributed by atoms with Crippen molar-refractivity contribution in [1.82, 2.24) is 4.90 Å². The maximum absolute atomic E-state index is 13.3. The summed E-state index contributed by atoms with van der Waals surface area (Å²) in [5, 5.41) is 3.46. The number of ether oxygens (including phenoxy) is 1. The number of para-hydroxylation sites is 1. The summed E-state index contributed by atoms with van der Waals surface area (Å²) in [4.78, 5) is 15.4. The molecule has 0 radical (unpaired) electrons. The van der Waals surface area contributed by atoms with E-state index in [2.05, 4.69) is 23.2 Å². The topological polar surface area (TPSA) is 41.6 Å². The van der Waals surface area contributed by atoms with Crippen molar-refractivity contribution in [3.8, 4) is 0 Å². The van der Waals surface area contributed by atoms with Gasteiger partial charge in [-0.2, -0.15) is 0 Å². The van der Waals surface area contributed by atoms with Crippen LogP contribution in [-0.2, 0) is 11.2 Å². The Hall–Kier alpha value is -1.55. The molecule has 4 nitrogen and oxygen atoms in total. The summed E-state index contributed by atoms with van der Waals surface area (Å²) in [6, 6.07) is 6.17. The second-order valence-electron chi connectivity index (χ2n) is 7.86. The molecule has 2 aliphatic heterocycles. The predicted molar refractivity (Wildman–Crippen MR) is 100 cm³/mol. The fourth-order valence-corrected chi connectivity index (χ4v) is 4.21. The first-order chi connectivity index (χ1) is 12.3. The smallest absolute Gasteiger partial charge is 0.256 e. The Morgan fingerprint density at radius 2 is 2.20 bits per heavy atom. The Balaban J connectivity index is 1.53. The van der Waals surface area contributed by atoms with E-state index in [0.717, 1.165) is 50.1 Å². The van der Waals surface area contributed by atoms with Crippen molar-refractivity contribution in [2.75, 3.05) is 25.0 Å². The number of amides is 1. The Morgan fingerprint density at radius 1 is 1.32 bits per heavy atom. The summed E-state index contributed by atoms with van der Waals surface area (Å²) < 4.78 is 6.33. The normalized spacial score (nSPS) is 26.0. The van der Waals surface area contributed by atoms with Crippen LogP contribution in [0.1, 0.15) is 61.4 Å². The van der Waals surface area contributed by atoms with E-state index in [4.69, 9.17) is 4.74 Å². The highest BCUT2D eigenvalue weighted by molar-refractivity contribution is 6.00. The van der Waals surface area contributed by atoms with Gasteiger partial charge in [0, 0.05) is 19.6 Å². The molecule has 0 spiro atoms. The van der Waals surface area contributed by atoms with Crippen LogP contribution >= 0.6 is 0 Å². The van der Waals surface area contributed by atoms with Gasteiger partial charge >= 0.3 is 0 Å². The lowest BCUT2D eigenvalue weighted by molar-refractivity contribution is -0.0874. The van der Waals surface area contributed by atoms with E-state index in [1.165, 1.54) is 31.2 Å². The molecule has 1 aromatic carbocycles. The highest BCUT2D eigenvalue weighted by atomic mass is 16.5. The molecule has 1 aromatic rings. The number of aryl methyl sites for hydroxylation is 1. The van der Waals surface area contributed by atoms with Gasteiger partial charge in [-0.25, -0.2) is 0 Å². The van der Waals surface area contributed by atoms with Crippen molar-refractivity contribution in [2.45, 2.75) is 64.1 Å². The number of nitrogens with one attached hydrogen (secondary N) is 1. The van der Waals surface area contributed by atoms with Gasteiger partial charge in [-0.05, 0) is 49.7 Å². The van der Waals surface area contributed by atoms with Crippen LogP contribution in [0.5, 0.6) is 0 Å². The first kappa shape index (κ1) is 16.9. The van der Waals surface area contributed by atoms with Gasteiger partial charge < -0.3 is 15.0 Å². The van der Waals surface area contributed by atoms with Crippen molar-refractivity contribution in [2.24, 2.45) is 5.92 Å². The lowest BCUT2D eigenvalue weighted by Gasteiger charge is -2.39. The van der Waals surface area contributed by atoms with Crippen LogP contribution in [0.25, 0.3) is 0 Å². The van der Waals surface area contributed by atoms with Crippen LogP contribution in [0.15, 0.2) is 18.2 Å². The molecule has 0 bridgehead atoms. The van der Waals surface area contributed by atoms with Gasteiger partial charge in [-0.3, -0.25) is 4.79 Å². The fraction of sp³-hybridized carbons (Fsp3) is 0.667. The Bertz CT molecular complexity index is 626. The van der Waals surface area contributed by atoms with Gasteiger partial charge in [-0.1, -0.05) is 31.9 Å². The molecule has 25 heavy (non-hydrogen) atoms. The molecule has 3 aliphatic rings. The van der Waals surface area contributed by atoms with Crippen molar-refractivity contribution in [3.05, 3.63) is 29.3 Å². The average Bonchev–Trinajstić information content (AvgIpc) is 3.50. The zero-order chi connectivity index (χ0) is 17.2. The van der Waals surface area contributed by atoms with E-state index in [9.17, 15) is 4.79 Å². The number of fused-ring (bicyclic) bond motifs is 1. The number of carbonyl (C=O) groups excluding carboxylic acids is 1. The summed E-state index contributed by atoms with van der Waals surface area (Å²) in [6.07, 6.45) is 8.59. The highest BCUT2D eigenvalue weighted by Gasteiger charge is 2.40. The molecule has 1 amide bonds. The van der Waals surface area contributed by atoms with Crippen LogP contribution in [0.2, 0.25) is 0 Å². The monoisotopic (exact) mass is 342 g/mol. The lowest BCUT2D eigenvalue weighted by atomic mass is 9.98. The van der Waals surface area contributed by atoms with Gasteiger partial charge in [0.1, 0.15) is 0 Å². The SMILES string of the molecule is CCCC[C@@H]1CN(C(=O)c2cccc3c2NCCC3)C[C@H](C2CC2)O1. The van der Waals surface area contributed by atoms with E-state index < -0.39 is 0 Å². The summed E-state index contributed by atoms with van der Waals surface area (Å²) in [6.45, 7) is 4.68. The number of morpholine rings is 1. The van der Waals surface area contributed by atoms with Gasteiger partial charge in [0.2, 0.25) is 0 Å². The third kappa shape index (κ3) is 3.69. The Morgan fingerprint density at radius 3 is 3.00 bits per heavy atom. The Kier molecular flexibility index (Phi) is 4.98. The van der Waals surface area contributed by atoms with E-state index in [1.807, 2.05) is 12.1 Å². The minimum atomic E-state index is 0.182. The van der Waals surface area contributed by atoms with Gasteiger partial charge in [0.15, 0.2) is 0 Å². The number of unbranched alkanes of at least 4 members (excludes halogenated alkanes) is 1. The molecule has 2 heterocycles. The van der Waals surface area contributed by atoms with Crippen LogP contribution in [0, 0.1) is 5.92 Å². The van der Waals surface area contributed by atoms with Crippen molar-refractivity contribution in [1.29, 1.82) is 0 Å². The largest absolute Gasteiger partial charge is 0.384 e. The highest BCUT2D eigenvalue weighted by Crippen LogP contribution is 2.38. The van der Waals surface area contributed by atoms with Gasteiger partial charge in [0.05, 0.1) is 23.5 Å². The summed E-state index contributed by atoms with van der Waals surface area (Å²) in [5.41, 5.74) is 3.20. The minimum Gasteiger partial charge on any atom is -0.384 e. The molecule has 4 rings (SSSR count). The number of anilines is 1. The maximum Gasteiger partial charge on any atom is 0.256 e. The van der Waals surface area contributed by atoms with Crippen molar-refractivity contribution >= 4 is 11.6 Å². The number of benzene rings is 1. The first-order valence-corrected chi connectivity index (χ1v) is 10.1. The summed E-state index contributed by atoms with van der Waals surface area (Å²) >= 11 is 0. The van der Waals surface area contributed by atoms with Gasteiger partial charge in [-0.15, -0.1) is 0 Å². The quantitative estimate of drug-likeness (QED) is 0.883. The van der Waals surface area contributed by atoms with E-state index in [1.54, 1.807) is 0 Å². The minimum absolute atomic E-state index is 0.182. The molecular formula is C21H30N2O2. The maximum atomic E-state index is 13.3. The molecule has 1 saturated carbocycles. The molecule has 4 heteroatoms. The standard InChI is InChI=1S/C21H30N2O2/c1-2-3-8-17-13-23(14-19(25-17)15-10-11-15)21(24)18-9-4-6-16-7-5-12-22-20(16)18/h4,6,9,15,17,19,22H,2-3,5,7-8,10-14H2,1H3/t17-,19-/m1/s1. The number of hydrogen-bond acceptors (Lipinski definition) is 3. The first-order valence-electron chi connectivity index (χ1n) is 10.1. The molecule has 0 aromatic heterocycles. The second-order valence-corrected chi connectivity index (χ2v) is 7.86. The molecular weight excluding hydrogens is 312 g/mol. The number of rotatable bonds is 5. The van der Waals surface area contributed by atoms with Crippen LogP contribution in [-0.4, -0.2) is 42.6 Å². The van der Waals surface area contributed by atoms with Gasteiger partial charge in [0.25, 0.3) is 5.91 Å². The van der Waals surface area contributed by atoms with Crippen molar-refractivity contribution in [3.63, 3.8) is 0 Å². The third-order valence-electron chi connectivity index (χ3n) is 5.81. The van der Waals surface area contributed by atoms with E-state index in [0.29, 0.717) is 5.92 Å². The van der Waals surface area contributed by atoms with Crippen LogP contribution in [0.3, 0.4) is 0 Å². The lowest BCUT2D eigenvalue weighted by Crippen LogP contribution is -2.51. The molecule has 2 fully saturated rings. The molecule has 136 valence electrons. The average molecular weight is 342 g/mol. The molecule has 1 aliphatic carbocycles. The zero-order valence-corrected chi connectivity index (χ0v) is 15.3. The van der Waals surface area contributed by atoms with E-state index >= 15 is 0 Å². The molecule has 1 N–H and O–H groups in total. The predicted octanol–water partition coefficient (Wildman–Crippen LogP) is 3.85. The second kappa shape index (κ2) is 7.36. The Labute approximate surface area is 150 Å². The summed E-state index contributed by atoms with van der Waals surface area (Å²) in [7, 11) is 0. The third-order valence-corrected chi connectivity index (χ3v) is 5.81. The number of hydrogen-bond donors (Lipinski definition) is 1. The van der Waals surface area contributed by atoms with Crippen LogP contribution < -0.4 is 5.32 Å². The molecule has 1 saturated heterocycles. The fourth-order valence-electron chi connectivity index (χ4n) is 4.21. The molecule has 0 unspecified atom stereocenters. The van der Waals surface area contributed by atoms with E-state index in [-0.39, 0.29) is 18.1 Å².